The summed E-state index contributed by atoms with van der Waals surface area (Å²) in [4.78, 5) is 0. The molecule has 0 fully saturated rings. The Bertz CT molecular complexity index is 361. The number of hydrogen-bond donors (Lipinski definition) is 1. The molecule has 1 atom stereocenters. The molecule has 0 saturated heterocycles. The van der Waals surface area contributed by atoms with Gasteiger partial charge in [-0.15, -0.1) is 0 Å². The molecule has 0 heterocycles. The minimum atomic E-state index is 0.253. The lowest BCUT2D eigenvalue weighted by Gasteiger charge is -2.16. The molecule has 0 amide bonds. The fraction of sp³-hybridized carbons (Fsp3) is 0.333. The van der Waals surface area contributed by atoms with Crippen molar-refractivity contribution in [2.45, 2.75) is 19.4 Å². The van der Waals surface area contributed by atoms with Crippen LogP contribution >= 0.6 is 23.2 Å². The lowest BCUT2D eigenvalue weighted by Crippen LogP contribution is -2.28. The van der Waals surface area contributed by atoms with Gasteiger partial charge in [0.25, 0.3) is 0 Å². The molecule has 1 unspecified atom stereocenters. The molecule has 0 aromatic heterocycles. The second-order valence-electron chi connectivity index (χ2n) is 3.63. The van der Waals surface area contributed by atoms with Crippen molar-refractivity contribution in [2.75, 3.05) is 7.05 Å². The Labute approximate surface area is 101 Å². The van der Waals surface area contributed by atoms with E-state index < -0.39 is 0 Å². The van der Waals surface area contributed by atoms with Crippen molar-refractivity contribution in [1.82, 2.24) is 5.32 Å². The topological polar surface area (TPSA) is 12.0 Å². The minimum absolute atomic E-state index is 0.253. The first-order valence-corrected chi connectivity index (χ1v) is 5.56. The number of likely N-dealkylation sites (N-methyl/N-ethyl adjacent to an activating group) is 1. The van der Waals surface area contributed by atoms with E-state index in [-0.39, 0.29) is 6.04 Å². The van der Waals surface area contributed by atoms with Gasteiger partial charge in [0, 0.05) is 16.1 Å². The zero-order valence-electron chi connectivity index (χ0n) is 8.98. The third-order valence-corrected chi connectivity index (χ3v) is 2.97. The normalized spacial score (nSPS) is 12.5. The Morgan fingerprint density at radius 1 is 1.47 bits per heavy atom. The summed E-state index contributed by atoms with van der Waals surface area (Å²) in [5.41, 5.74) is 2.19. The summed E-state index contributed by atoms with van der Waals surface area (Å²) in [6.45, 7) is 5.94. The van der Waals surface area contributed by atoms with Crippen molar-refractivity contribution in [3.63, 3.8) is 0 Å². The highest BCUT2D eigenvalue weighted by molar-refractivity contribution is 6.35. The van der Waals surface area contributed by atoms with Gasteiger partial charge < -0.3 is 5.32 Å². The molecule has 1 N–H and O–H groups in total. The van der Waals surface area contributed by atoms with Gasteiger partial charge in [0.1, 0.15) is 0 Å². The van der Waals surface area contributed by atoms with E-state index in [2.05, 4.69) is 11.9 Å². The maximum Gasteiger partial charge on any atom is 0.0453 e. The van der Waals surface area contributed by atoms with Gasteiger partial charge in [-0.2, -0.15) is 0 Å². The molecule has 0 aliphatic carbocycles. The van der Waals surface area contributed by atoms with Crippen molar-refractivity contribution in [3.05, 3.63) is 46.0 Å². The highest BCUT2D eigenvalue weighted by Crippen LogP contribution is 2.22. The molecule has 1 rings (SSSR count). The first-order chi connectivity index (χ1) is 7.04. The van der Waals surface area contributed by atoms with Crippen LogP contribution in [0.25, 0.3) is 0 Å². The van der Waals surface area contributed by atoms with Gasteiger partial charge in [0.05, 0.1) is 0 Å². The summed E-state index contributed by atoms with van der Waals surface area (Å²) in [6, 6.07) is 5.83. The van der Waals surface area contributed by atoms with Crippen LogP contribution < -0.4 is 5.32 Å². The van der Waals surface area contributed by atoms with E-state index in [0.29, 0.717) is 10.0 Å². The van der Waals surface area contributed by atoms with Crippen molar-refractivity contribution in [1.29, 1.82) is 0 Å². The van der Waals surface area contributed by atoms with Gasteiger partial charge in [-0.05, 0) is 38.1 Å². The highest BCUT2D eigenvalue weighted by atomic mass is 35.5. The van der Waals surface area contributed by atoms with Crippen molar-refractivity contribution >= 4 is 23.2 Å². The van der Waals surface area contributed by atoms with Gasteiger partial charge in [-0.3, -0.25) is 0 Å². The molecule has 1 aromatic carbocycles. The zero-order chi connectivity index (χ0) is 11.4. The SMILES string of the molecule is C=C(C)C(Cc1ccc(Cl)cc1Cl)NC. The maximum atomic E-state index is 6.09. The van der Waals surface area contributed by atoms with Gasteiger partial charge in [-0.25, -0.2) is 0 Å². The largest absolute Gasteiger partial charge is 0.313 e. The van der Waals surface area contributed by atoms with E-state index in [1.807, 2.05) is 26.1 Å². The number of hydrogen-bond acceptors (Lipinski definition) is 1. The van der Waals surface area contributed by atoms with E-state index in [9.17, 15) is 0 Å². The van der Waals surface area contributed by atoms with Crippen molar-refractivity contribution in [3.8, 4) is 0 Å². The van der Waals surface area contributed by atoms with E-state index in [1.165, 1.54) is 0 Å². The molecule has 82 valence electrons. The summed E-state index contributed by atoms with van der Waals surface area (Å²) in [6.07, 6.45) is 0.835. The number of nitrogens with one attached hydrogen (secondary N) is 1. The van der Waals surface area contributed by atoms with Crippen LogP contribution in [0.1, 0.15) is 12.5 Å². The number of rotatable bonds is 4. The minimum Gasteiger partial charge on any atom is -0.313 e. The van der Waals surface area contributed by atoms with E-state index in [0.717, 1.165) is 17.6 Å². The summed E-state index contributed by atoms with van der Waals surface area (Å²) in [5.74, 6) is 0. The first kappa shape index (κ1) is 12.6. The van der Waals surface area contributed by atoms with Crippen LogP contribution in [0, 0.1) is 0 Å². The van der Waals surface area contributed by atoms with Crippen LogP contribution in [0.3, 0.4) is 0 Å². The van der Waals surface area contributed by atoms with Gasteiger partial charge in [0.15, 0.2) is 0 Å². The Balaban J connectivity index is 2.84. The average molecular weight is 244 g/mol. The Morgan fingerprint density at radius 3 is 2.60 bits per heavy atom. The van der Waals surface area contributed by atoms with Crippen LogP contribution in [0.4, 0.5) is 0 Å². The molecule has 0 aliphatic heterocycles. The van der Waals surface area contributed by atoms with Crippen molar-refractivity contribution in [2.24, 2.45) is 0 Å². The predicted octanol–water partition coefficient (Wildman–Crippen LogP) is 3.70. The Hall–Kier alpha value is -0.500. The molecule has 0 bridgehead atoms. The van der Waals surface area contributed by atoms with Crippen molar-refractivity contribution < 1.29 is 0 Å². The van der Waals surface area contributed by atoms with E-state index in [1.54, 1.807) is 6.07 Å². The number of halogens is 2. The predicted molar refractivity (Wildman–Crippen MR) is 67.8 cm³/mol. The second kappa shape index (κ2) is 5.55. The maximum absolute atomic E-state index is 6.09. The molecule has 1 nitrogen and oxygen atoms in total. The average Bonchev–Trinajstić information content (AvgIpc) is 2.16. The molecule has 15 heavy (non-hydrogen) atoms. The lowest BCUT2D eigenvalue weighted by molar-refractivity contribution is 0.634. The third-order valence-electron chi connectivity index (χ3n) is 2.38. The fourth-order valence-electron chi connectivity index (χ4n) is 1.43. The van der Waals surface area contributed by atoms with Crippen LogP contribution in [0.2, 0.25) is 10.0 Å². The molecule has 3 heteroatoms. The zero-order valence-corrected chi connectivity index (χ0v) is 10.5. The molecule has 0 spiro atoms. The van der Waals surface area contributed by atoms with Crippen LogP contribution in [0.5, 0.6) is 0 Å². The van der Waals surface area contributed by atoms with Crippen LogP contribution in [-0.2, 0) is 6.42 Å². The lowest BCUT2D eigenvalue weighted by atomic mass is 10.0. The monoisotopic (exact) mass is 243 g/mol. The fourth-order valence-corrected chi connectivity index (χ4v) is 1.92. The molecule has 1 aromatic rings. The summed E-state index contributed by atoms with van der Waals surface area (Å²) < 4.78 is 0. The van der Waals surface area contributed by atoms with Crippen LogP contribution in [0.15, 0.2) is 30.4 Å². The summed E-state index contributed by atoms with van der Waals surface area (Å²) in [7, 11) is 1.92. The quantitative estimate of drug-likeness (QED) is 0.796. The molecule has 0 saturated carbocycles. The first-order valence-electron chi connectivity index (χ1n) is 4.81. The molecular formula is C12H15Cl2N. The summed E-state index contributed by atoms with van der Waals surface area (Å²) >= 11 is 11.9. The Morgan fingerprint density at radius 2 is 2.13 bits per heavy atom. The Kier molecular flexibility index (Phi) is 4.65. The second-order valence-corrected chi connectivity index (χ2v) is 4.47. The highest BCUT2D eigenvalue weighted by Gasteiger charge is 2.10. The smallest absolute Gasteiger partial charge is 0.0453 e. The standard InChI is InChI=1S/C12H15Cl2N/c1-8(2)12(15-3)6-9-4-5-10(13)7-11(9)14/h4-5,7,12,15H,1,6H2,2-3H3. The number of benzene rings is 1. The third kappa shape index (κ3) is 3.53. The molecule has 0 radical (unpaired) electrons. The van der Waals surface area contributed by atoms with Gasteiger partial charge in [-0.1, -0.05) is 41.4 Å². The summed E-state index contributed by atoms with van der Waals surface area (Å²) in [5, 5.41) is 4.58. The molecule has 0 aliphatic rings. The molecular weight excluding hydrogens is 229 g/mol. The van der Waals surface area contributed by atoms with Gasteiger partial charge in [0.2, 0.25) is 0 Å². The van der Waals surface area contributed by atoms with Crippen LogP contribution in [-0.4, -0.2) is 13.1 Å². The van der Waals surface area contributed by atoms with E-state index in [4.69, 9.17) is 23.2 Å². The van der Waals surface area contributed by atoms with E-state index >= 15 is 0 Å². The van der Waals surface area contributed by atoms with Gasteiger partial charge >= 0.3 is 0 Å².